The van der Waals surface area contributed by atoms with Gasteiger partial charge in [-0.2, -0.15) is 0 Å². The number of pyridine rings is 1. The molecule has 5 rings (SSSR count). The van der Waals surface area contributed by atoms with Crippen molar-refractivity contribution in [2.75, 3.05) is 12.0 Å². The number of amides is 3. The first kappa shape index (κ1) is 19.6. The summed E-state index contributed by atoms with van der Waals surface area (Å²) < 4.78 is 19.1. The van der Waals surface area contributed by atoms with Gasteiger partial charge >= 0.3 is 6.03 Å². The van der Waals surface area contributed by atoms with Crippen molar-refractivity contribution in [3.05, 3.63) is 71.8 Å². The molecule has 1 fully saturated rings. The van der Waals surface area contributed by atoms with Crippen LogP contribution in [0.1, 0.15) is 11.1 Å². The molecule has 2 atom stereocenters. The number of nitrogens with zero attached hydrogens (tertiary/aromatic N) is 2. The second-order valence-electron chi connectivity index (χ2n) is 7.40. The Bertz CT molecular complexity index is 1270. The van der Waals surface area contributed by atoms with Gasteiger partial charge in [-0.1, -0.05) is 24.3 Å². The summed E-state index contributed by atoms with van der Waals surface area (Å²) in [5.74, 6) is -0.616. The van der Waals surface area contributed by atoms with E-state index in [1.807, 2.05) is 30.3 Å². The van der Waals surface area contributed by atoms with Crippen molar-refractivity contribution in [1.29, 1.82) is 0 Å². The minimum Gasteiger partial charge on any atom is -0.494 e. The molecular formula is C23H18FN3O3S. The number of thioether (sulfide) groups is 1. The van der Waals surface area contributed by atoms with Crippen molar-refractivity contribution < 1.29 is 18.7 Å². The summed E-state index contributed by atoms with van der Waals surface area (Å²) in [5.41, 5.74) is 1.95. The van der Waals surface area contributed by atoms with E-state index in [4.69, 9.17) is 4.74 Å². The maximum Gasteiger partial charge on any atom is 0.329 e. The zero-order valence-electron chi connectivity index (χ0n) is 16.8. The Hall–Kier alpha value is -3.39. The van der Waals surface area contributed by atoms with Gasteiger partial charge in [0.05, 0.1) is 25.0 Å². The minimum atomic E-state index is -0.526. The predicted molar refractivity (Wildman–Crippen MR) is 119 cm³/mol. The first-order valence-corrected chi connectivity index (χ1v) is 10.6. The van der Waals surface area contributed by atoms with Gasteiger partial charge in [0.2, 0.25) is 0 Å². The van der Waals surface area contributed by atoms with Gasteiger partial charge in [-0.3, -0.25) is 9.78 Å². The van der Waals surface area contributed by atoms with E-state index < -0.39 is 23.1 Å². The first-order chi connectivity index (χ1) is 15.0. The van der Waals surface area contributed by atoms with Gasteiger partial charge in [0, 0.05) is 21.9 Å². The summed E-state index contributed by atoms with van der Waals surface area (Å²) in [6.07, 6.45) is 5.08. The van der Waals surface area contributed by atoms with Crippen LogP contribution < -0.4 is 15.0 Å². The average molecular weight is 435 g/mol. The molecule has 3 heterocycles. The maximum absolute atomic E-state index is 14.0. The number of methoxy groups -OCH3 is 1. The lowest BCUT2D eigenvalue weighted by Crippen LogP contribution is -2.60. The predicted octanol–water partition coefficient (Wildman–Crippen LogP) is 4.27. The van der Waals surface area contributed by atoms with Crippen LogP contribution in [0.25, 0.3) is 15.7 Å². The third-order valence-electron chi connectivity index (χ3n) is 5.52. The summed E-state index contributed by atoms with van der Waals surface area (Å²) in [7, 11) is 1.41. The van der Waals surface area contributed by atoms with E-state index >= 15 is 0 Å². The molecule has 0 spiro atoms. The van der Waals surface area contributed by atoms with E-state index in [9.17, 15) is 14.0 Å². The number of anilines is 1. The molecule has 2 aliphatic rings. The Morgan fingerprint density at radius 1 is 1.19 bits per heavy atom. The third kappa shape index (κ3) is 3.14. The van der Waals surface area contributed by atoms with E-state index in [-0.39, 0.29) is 11.7 Å². The van der Waals surface area contributed by atoms with Gasteiger partial charge in [0.15, 0.2) is 11.6 Å². The van der Waals surface area contributed by atoms with Crippen LogP contribution in [0.4, 0.5) is 14.9 Å². The van der Waals surface area contributed by atoms with Gasteiger partial charge in [0.1, 0.15) is 5.25 Å². The van der Waals surface area contributed by atoms with Gasteiger partial charge in [0.25, 0.3) is 5.91 Å². The van der Waals surface area contributed by atoms with Gasteiger partial charge in [-0.05, 0) is 36.3 Å². The number of halogens is 1. The number of ether oxygens (including phenoxy) is 1. The summed E-state index contributed by atoms with van der Waals surface area (Å²) in [5, 5.41) is 4.01. The van der Waals surface area contributed by atoms with E-state index in [0.29, 0.717) is 5.69 Å². The zero-order valence-corrected chi connectivity index (χ0v) is 17.6. The summed E-state index contributed by atoms with van der Waals surface area (Å²) in [6, 6.07) is 9.57. The molecule has 31 heavy (non-hydrogen) atoms. The average Bonchev–Trinajstić information content (AvgIpc) is 3.18. The van der Waals surface area contributed by atoms with Crippen LogP contribution in [0, 0.1) is 12.7 Å². The normalized spacial score (nSPS) is 20.5. The Morgan fingerprint density at radius 3 is 2.81 bits per heavy atom. The Labute approximate surface area is 182 Å². The van der Waals surface area contributed by atoms with Crippen LogP contribution in [0.5, 0.6) is 5.75 Å². The molecule has 1 aromatic heterocycles. The molecule has 0 aliphatic carbocycles. The molecule has 2 aromatic carbocycles. The molecule has 156 valence electrons. The largest absolute Gasteiger partial charge is 0.494 e. The second-order valence-corrected chi connectivity index (χ2v) is 8.58. The number of aromatic nitrogens is 1. The highest BCUT2D eigenvalue weighted by Crippen LogP contribution is 2.44. The molecule has 2 aliphatic heterocycles. The lowest BCUT2D eigenvalue weighted by molar-refractivity contribution is -0.118. The number of hydrogen-bond acceptors (Lipinski definition) is 5. The van der Waals surface area contributed by atoms with Crippen molar-refractivity contribution in [1.82, 2.24) is 10.3 Å². The molecule has 8 heteroatoms. The van der Waals surface area contributed by atoms with Crippen LogP contribution in [0.15, 0.2) is 54.9 Å². The monoisotopic (exact) mass is 435 g/mol. The van der Waals surface area contributed by atoms with Crippen molar-refractivity contribution in [3.8, 4) is 5.75 Å². The molecule has 1 N–H and O–H groups in total. The number of hydrogen-bond donors (Lipinski definition) is 1. The molecule has 0 saturated carbocycles. The molecule has 2 unspecified atom stereocenters. The Morgan fingerprint density at radius 2 is 2.00 bits per heavy atom. The fourth-order valence-corrected chi connectivity index (χ4v) is 5.34. The zero-order chi connectivity index (χ0) is 21.7. The van der Waals surface area contributed by atoms with E-state index in [0.717, 1.165) is 26.8 Å². The maximum atomic E-state index is 14.0. The van der Waals surface area contributed by atoms with Crippen molar-refractivity contribution in [3.63, 3.8) is 0 Å². The van der Waals surface area contributed by atoms with Crippen LogP contribution in [0.3, 0.4) is 0 Å². The summed E-state index contributed by atoms with van der Waals surface area (Å²) >= 11 is 1.36. The quantitative estimate of drug-likeness (QED) is 0.665. The smallest absolute Gasteiger partial charge is 0.329 e. The highest BCUT2D eigenvalue weighted by Gasteiger charge is 2.45. The molecule has 1 saturated heterocycles. The SMILES string of the molecule is COc1cc(C2=CC3NC(=O)N(c4cncc5ccccc45)C(=O)C3S2)c(C)cc1F. The minimum absolute atomic E-state index is 0.135. The second kappa shape index (κ2) is 7.39. The topological polar surface area (TPSA) is 71.5 Å². The number of nitrogens with one attached hydrogen (secondary N) is 1. The van der Waals surface area contributed by atoms with E-state index in [1.165, 1.54) is 36.0 Å². The molecule has 3 aromatic rings. The Balaban J connectivity index is 1.50. The third-order valence-corrected chi connectivity index (χ3v) is 6.88. The van der Waals surface area contributed by atoms with Crippen molar-refractivity contribution in [2.45, 2.75) is 18.2 Å². The number of fused-ring (bicyclic) bond motifs is 2. The van der Waals surface area contributed by atoms with E-state index in [1.54, 1.807) is 19.2 Å². The number of rotatable bonds is 3. The van der Waals surface area contributed by atoms with Gasteiger partial charge in [-0.25, -0.2) is 14.1 Å². The van der Waals surface area contributed by atoms with Crippen LogP contribution >= 0.6 is 11.8 Å². The molecular weight excluding hydrogens is 417 g/mol. The Kier molecular flexibility index (Phi) is 4.66. The van der Waals surface area contributed by atoms with Crippen molar-refractivity contribution in [2.24, 2.45) is 0 Å². The number of urea groups is 1. The summed E-state index contributed by atoms with van der Waals surface area (Å²) in [6.45, 7) is 1.80. The van der Waals surface area contributed by atoms with Crippen molar-refractivity contribution >= 4 is 45.1 Å². The van der Waals surface area contributed by atoms with E-state index in [2.05, 4.69) is 10.3 Å². The molecule has 0 bridgehead atoms. The lowest BCUT2D eigenvalue weighted by atomic mass is 10.0. The van der Waals surface area contributed by atoms with Crippen LogP contribution in [-0.4, -0.2) is 35.3 Å². The number of benzene rings is 2. The molecule has 0 radical (unpaired) electrons. The van der Waals surface area contributed by atoms with Crippen LogP contribution in [-0.2, 0) is 4.79 Å². The summed E-state index contributed by atoms with van der Waals surface area (Å²) in [4.78, 5) is 32.5. The number of aryl methyl sites for hydroxylation is 1. The first-order valence-electron chi connectivity index (χ1n) is 9.68. The fourth-order valence-electron chi connectivity index (χ4n) is 3.99. The number of imide groups is 1. The highest BCUT2D eigenvalue weighted by molar-refractivity contribution is 8.09. The number of carbonyl (C=O) groups excluding carboxylic acids is 2. The fraction of sp³-hybridized carbons (Fsp3) is 0.174. The highest BCUT2D eigenvalue weighted by atomic mass is 32.2. The molecule has 6 nitrogen and oxygen atoms in total. The standard InChI is InChI=1S/C23H18FN3O3S/c1-12-7-16(24)19(30-2)8-15(12)20-9-17-21(31-20)22(28)27(23(29)26-17)18-11-25-10-13-5-3-4-6-14(13)18/h3-11,17,21H,1-2H3,(H,26,29). The van der Waals surface area contributed by atoms with Crippen LogP contribution in [0.2, 0.25) is 0 Å². The lowest BCUT2D eigenvalue weighted by Gasteiger charge is -2.33. The molecule has 3 amide bonds. The van der Waals surface area contributed by atoms with Gasteiger partial charge < -0.3 is 10.1 Å². The number of carbonyl (C=O) groups is 2. The van der Waals surface area contributed by atoms with Gasteiger partial charge in [-0.15, -0.1) is 11.8 Å².